The highest BCUT2D eigenvalue weighted by Crippen LogP contribution is 2.33. The molecule has 362 valence electrons. The normalized spacial score (nSPS) is 22.4. The minimum atomic E-state index is -0.480. The number of allylic oxidation sites excluding steroid dienone is 6. The zero-order valence-electron chi connectivity index (χ0n) is 40.1. The number of carbonyl (C=O) groups excluding carboxylic acids is 1. The molecule has 2 fully saturated rings. The van der Waals surface area contributed by atoms with Crippen LogP contribution in [0, 0.1) is 5.92 Å². The van der Waals surface area contributed by atoms with E-state index in [0.29, 0.717) is 37.0 Å². The number of hydrogen-bond donors (Lipinski definition) is 2. The van der Waals surface area contributed by atoms with Gasteiger partial charge < -0.3 is 38.0 Å². The number of unbranched alkanes of at least 4 members (excludes halogenated alkanes) is 3. The second-order valence-electron chi connectivity index (χ2n) is 17.6. The van der Waals surface area contributed by atoms with Crippen molar-refractivity contribution in [1.82, 2.24) is 9.97 Å². The average Bonchev–Trinajstić information content (AvgIpc) is 3.96. The van der Waals surface area contributed by atoms with Gasteiger partial charge in [-0.25, -0.2) is 9.97 Å². The van der Waals surface area contributed by atoms with Gasteiger partial charge in [0.15, 0.2) is 5.89 Å². The molecule has 8 atom stereocenters. The van der Waals surface area contributed by atoms with Gasteiger partial charge in [0.1, 0.15) is 36.3 Å². The molecule has 0 amide bonds. The number of rotatable bonds is 29. The fraction of sp³-hybridized carbons (Fsp3) is 0.604. The fourth-order valence-electron chi connectivity index (χ4n) is 8.47. The van der Waals surface area contributed by atoms with Crippen LogP contribution in [0.1, 0.15) is 159 Å². The molecule has 2 aliphatic heterocycles. The van der Waals surface area contributed by atoms with Crippen LogP contribution in [-0.2, 0) is 30.2 Å². The van der Waals surface area contributed by atoms with Crippen LogP contribution in [0.3, 0.4) is 0 Å². The number of aromatic nitrogens is 2. The molecule has 8 unspecified atom stereocenters. The van der Waals surface area contributed by atoms with Gasteiger partial charge in [0.2, 0.25) is 5.89 Å². The van der Waals surface area contributed by atoms with Crippen molar-refractivity contribution in [2.45, 2.75) is 179 Å². The molecule has 0 saturated carbocycles. The van der Waals surface area contributed by atoms with Crippen LogP contribution in [0.25, 0.3) is 12.2 Å². The predicted octanol–water partition coefficient (Wildman–Crippen LogP) is 12.5. The van der Waals surface area contributed by atoms with Crippen molar-refractivity contribution in [3.8, 4) is 0 Å². The molecule has 2 saturated heterocycles. The van der Waals surface area contributed by atoms with Crippen molar-refractivity contribution < 1.29 is 42.8 Å². The van der Waals surface area contributed by atoms with Gasteiger partial charge in [-0.1, -0.05) is 95.4 Å². The molecule has 4 rings (SSSR count). The molecule has 0 spiro atoms. The number of carbonyl (C=O) groups is 1. The van der Waals surface area contributed by atoms with Crippen molar-refractivity contribution in [3.05, 3.63) is 107 Å². The quantitative estimate of drug-likeness (QED) is 0.0264. The van der Waals surface area contributed by atoms with Crippen LogP contribution in [0.2, 0.25) is 0 Å². The number of ether oxygens (including phenoxy) is 4. The first-order valence-electron chi connectivity index (χ1n) is 23.7. The van der Waals surface area contributed by atoms with E-state index in [1.807, 2.05) is 23.2 Å². The first kappa shape index (κ1) is 55.8. The van der Waals surface area contributed by atoms with E-state index in [4.69, 9.17) is 42.9 Å². The number of methoxy groups -OCH3 is 2. The van der Waals surface area contributed by atoms with E-state index in [1.165, 1.54) is 17.2 Å². The summed E-state index contributed by atoms with van der Waals surface area (Å²) in [6, 6.07) is 0. The SMILES string of the molecule is C=C(CCC/C=C\C=O)CC(O)CC1CCCC(c2coc(/C=C/CCCCC(C)C/C(C)=C/c3coc(CC4CC(OC)CC(C/C=C(C)/C=C/C(C/C=C/Br)OC)O4)n3)n2)O1.CO. The molecule has 2 aromatic rings. The lowest BCUT2D eigenvalue weighted by Gasteiger charge is -2.34. The number of hydrogen-bond acceptors (Lipinski definition) is 11. The van der Waals surface area contributed by atoms with Gasteiger partial charge in [-0.3, -0.25) is 4.79 Å². The van der Waals surface area contributed by atoms with Gasteiger partial charge in [0.05, 0.1) is 43.0 Å². The Labute approximate surface area is 398 Å². The molecule has 65 heavy (non-hydrogen) atoms. The Morgan fingerprint density at radius 2 is 1.78 bits per heavy atom. The van der Waals surface area contributed by atoms with Crippen molar-refractivity contribution in [3.63, 3.8) is 0 Å². The molecular formula is C53H79BrN2O9. The summed E-state index contributed by atoms with van der Waals surface area (Å²) >= 11 is 3.32. The highest BCUT2D eigenvalue weighted by Gasteiger charge is 2.31. The first-order valence-corrected chi connectivity index (χ1v) is 24.6. The Bertz CT molecular complexity index is 1810. The predicted molar refractivity (Wildman–Crippen MR) is 264 cm³/mol. The molecule has 0 aliphatic carbocycles. The monoisotopic (exact) mass is 966 g/mol. The standard InChI is InChI=1S/C52H75BrN2O8.CH4O/c1-38(23-25-44(58-5)20-16-27-53)24-26-46-33-47(59-6)34-48(62-46)35-52-54-42(36-60-52)30-41(4)29-39(2)17-11-7-8-13-22-51-55-49(37-61-51)50-21-15-19-45(63-50)32-43(57)31-40(3)18-12-9-10-14-28-56;1-2/h10,13-14,16,22-25,27-28,30,36-37,39,43-48,50,57H,3,7-9,11-12,15,17-21,26,29,31-35H2,1-2,4-6H3;2H,1H3/b14-10-,22-13+,25-23+,27-16+,38-24+,41-30+;. The number of nitrogens with zero attached hydrogens (tertiary/aromatic N) is 2. The number of aliphatic hydroxyl groups is 2. The van der Waals surface area contributed by atoms with Crippen LogP contribution < -0.4 is 0 Å². The van der Waals surface area contributed by atoms with Crippen LogP contribution >= 0.6 is 15.9 Å². The van der Waals surface area contributed by atoms with E-state index in [0.717, 1.165) is 127 Å². The Balaban J connectivity index is 0.00000553. The minimum Gasteiger partial charge on any atom is -0.448 e. The third-order valence-electron chi connectivity index (χ3n) is 11.8. The van der Waals surface area contributed by atoms with E-state index >= 15 is 0 Å². The smallest absolute Gasteiger partial charge is 0.218 e. The molecule has 4 heterocycles. The topological polar surface area (TPSA) is 147 Å². The molecular weight excluding hydrogens is 888 g/mol. The van der Waals surface area contributed by atoms with Crippen molar-refractivity contribution in [2.24, 2.45) is 5.92 Å². The van der Waals surface area contributed by atoms with Crippen LogP contribution in [0.15, 0.2) is 92.2 Å². The maximum atomic E-state index is 10.7. The number of aldehydes is 1. The zero-order valence-corrected chi connectivity index (χ0v) is 41.7. The Morgan fingerprint density at radius 3 is 2.55 bits per heavy atom. The summed E-state index contributed by atoms with van der Waals surface area (Å²) in [5.41, 5.74) is 5.19. The first-order chi connectivity index (χ1) is 31.6. The molecule has 2 aliphatic rings. The lowest BCUT2D eigenvalue weighted by Crippen LogP contribution is -2.37. The van der Waals surface area contributed by atoms with Gasteiger partial charge in [-0.2, -0.15) is 0 Å². The Hall–Kier alpha value is -3.49. The number of oxazole rings is 2. The van der Waals surface area contributed by atoms with Crippen molar-refractivity contribution >= 4 is 34.4 Å². The van der Waals surface area contributed by atoms with Crippen molar-refractivity contribution in [1.29, 1.82) is 0 Å². The second-order valence-corrected chi connectivity index (χ2v) is 18.1. The molecule has 11 nitrogen and oxygen atoms in total. The third kappa shape index (κ3) is 23.2. The summed E-state index contributed by atoms with van der Waals surface area (Å²) in [6.07, 6.45) is 38.0. The molecule has 2 aromatic heterocycles. The molecule has 12 heteroatoms. The highest BCUT2D eigenvalue weighted by atomic mass is 79.9. The summed E-state index contributed by atoms with van der Waals surface area (Å²) in [6.45, 7) is 10.7. The van der Waals surface area contributed by atoms with Gasteiger partial charge in [0, 0.05) is 34.2 Å². The van der Waals surface area contributed by atoms with E-state index < -0.39 is 6.10 Å². The minimum absolute atomic E-state index is 0.0131. The summed E-state index contributed by atoms with van der Waals surface area (Å²) < 4.78 is 35.9. The van der Waals surface area contributed by atoms with Gasteiger partial charge in [-0.15, -0.1) is 0 Å². The Morgan fingerprint density at radius 1 is 0.985 bits per heavy atom. The second kappa shape index (κ2) is 33.1. The number of aliphatic hydroxyl groups excluding tert-OH is 2. The maximum Gasteiger partial charge on any atom is 0.218 e. The van der Waals surface area contributed by atoms with Crippen LogP contribution in [0.4, 0.5) is 0 Å². The summed E-state index contributed by atoms with van der Waals surface area (Å²) in [4.78, 5) is 21.8. The molecule has 0 bridgehead atoms. The van der Waals surface area contributed by atoms with E-state index in [-0.39, 0.29) is 36.6 Å². The van der Waals surface area contributed by atoms with E-state index in [9.17, 15) is 9.90 Å². The summed E-state index contributed by atoms with van der Waals surface area (Å²) in [7, 11) is 4.52. The fourth-order valence-corrected chi connectivity index (χ4v) is 8.68. The zero-order chi connectivity index (χ0) is 47.2. The van der Waals surface area contributed by atoms with Gasteiger partial charge in [-0.05, 0) is 126 Å². The maximum absolute atomic E-state index is 10.7. The van der Waals surface area contributed by atoms with Gasteiger partial charge >= 0.3 is 0 Å². The van der Waals surface area contributed by atoms with E-state index in [1.54, 1.807) is 26.7 Å². The van der Waals surface area contributed by atoms with Crippen molar-refractivity contribution in [2.75, 3.05) is 21.3 Å². The number of halogens is 1. The average molecular weight is 968 g/mol. The summed E-state index contributed by atoms with van der Waals surface area (Å²) in [5, 5.41) is 17.7. The van der Waals surface area contributed by atoms with Crippen LogP contribution in [-0.4, -0.2) is 84.4 Å². The van der Waals surface area contributed by atoms with Crippen LogP contribution in [0.5, 0.6) is 0 Å². The van der Waals surface area contributed by atoms with E-state index in [2.05, 4.69) is 73.7 Å². The Kier molecular flexibility index (Phi) is 28.4. The highest BCUT2D eigenvalue weighted by molar-refractivity contribution is 9.11. The molecule has 2 N–H and O–H groups in total. The molecule has 0 radical (unpaired) electrons. The lowest BCUT2D eigenvalue weighted by molar-refractivity contribution is -0.105. The van der Waals surface area contributed by atoms with Gasteiger partial charge in [0.25, 0.3) is 0 Å². The molecule has 0 aromatic carbocycles. The lowest BCUT2D eigenvalue weighted by atomic mass is 9.95. The third-order valence-corrected chi connectivity index (χ3v) is 12.2. The largest absolute Gasteiger partial charge is 0.448 e. The summed E-state index contributed by atoms with van der Waals surface area (Å²) in [5.74, 6) is 1.87.